The molecule has 74 valence electrons. The fourth-order valence-electron chi connectivity index (χ4n) is 1.90. The molecule has 2 rings (SSSR count). The predicted molar refractivity (Wildman–Crippen MR) is 57.2 cm³/mol. The van der Waals surface area contributed by atoms with Gasteiger partial charge in [0.15, 0.2) is 0 Å². The molecule has 0 unspecified atom stereocenters. The van der Waals surface area contributed by atoms with Crippen LogP contribution in [0.1, 0.15) is 19.4 Å². The highest BCUT2D eigenvalue weighted by atomic mass is 16.2. The first-order valence-electron chi connectivity index (χ1n) is 4.80. The molecule has 0 fully saturated rings. The minimum atomic E-state index is 0.167. The van der Waals surface area contributed by atoms with E-state index in [1.54, 1.807) is 0 Å². The molecule has 0 saturated carbocycles. The molecule has 2 N–H and O–H groups in total. The van der Waals surface area contributed by atoms with Crippen molar-refractivity contribution in [3.63, 3.8) is 0 Å². The first-order chi connectivity index (χ1) is 6.59. The number of anilines is 2. The van der Waals surface area contributed by atoms with Crippen LogP contribution >= 0.6 is 0 Å². The Morgan fingerprint density at radius 3 is 2.79 bits per heavy atom. The summed E-state index contributed by atoms with van der Waals surface area (Å²) in [6, 6.07) is 5.85. The van der Waals surface area contributed by atoms with E-state index in [-0.39, 0.29) is 11.9 Å². The normalized spacial score (nSPS) is 15.1. The molecule has 0 atom stereocenters. The van der Waals surface area contributed by atoms with Crippen LogP contribution < -0.4 is 10.6 Å². The molecule has 0 saturated heterocycles. The fraction of sp³-hybridized carbons (Fsp3) is 0.364. The van der Waals surface area contributed by atoms with Crippen LogP contribution in [-0.4, -0.2) is 11.9 Å². The third kappa shape index (κ3) is 1.25. The van der Waals surface area contributed by atoms with Crippen LogP contribution in [0.5, 0.6) is 0 Å². The number of rotatable bonds is 1. The highest BCUT2D eigenvalue weighted by molar-refractivity contribution is 6.02. The Bertz CT molecular complexity index is 385. The van der Waals surface area contributed by atoms with Crippen LogP contribution in [0.25, 0.3) is 0 Å². The van der Waals surface area contributed by atoms with Crippen molar-refractivity contribution in [2.24, 2.45) is 0 Å². The van der Waals surface area contributed by atoms with Crippen molar-refractivity contribution in [1.82, 2.24) is 0 Å². The first-order valence-corrected chi connectivity index (χ1v) is 4.80. The average molecular weight is 190 g/mol. The predicted octanol–water partition coefficient (Wildman–Crippen LogP) is 1.57. The van der Waals surface area contributed by atoms with Crippen LogP contribution in [0.4, 0.5) is 11.4 Å². The number of fused-ring (bicyclic) bond motifs is 1. The number of nitrogens with zero attached hydrogens (tertiary/aromatic N) is 1. The van der Waals surface area contributed by atoms with E-state index >= 15 is 0 Å². The van der Waals surface area contributed by atoms with Gasteiger partial charge in [0.2, 0.25) is 5.91 Å². The number of hydrogen-bond acceptors (Lipinski definition) is 2. The topological polar surface area (TPSA) is 46.3 Å². The van der Waals surface area contributed by atoms with Gasteiger partial charge >= 0.3 is 0 Å². The lowest BCUT2D eigenvalue weighted by molar-refractivity contribution is -0.117. The van der Waals surface area contributed by atoms with E-state index in [2.05, 4.69) is 0 Å². The number of hydrogen-bond donors (Lipinski definition) is 1. The van der Waals surface area contributed by atoms with Gasteiger partial charge in [-0.2, -0.15) is 0 Å². The summed E-state index contributed by atoms with van der Waals surface area (Å²) in [6.07, 6.45) is 0.508. The molecule has 1 aliphatic rings. The Morgan fingerprint density at radius 1 is 1.43 bits per heavy atom. The molecule has 14 heavy (non-hydrogen) atoms. The number of carbonyl (C=O) groups is 1. The third-order valence-corrected chi connectivity index (χ3v) is 2.50. The molecule has 0 bridgehead atoms. The van der Waals surface area contributed by atoms with Crippen molar-refractivity contribution in [2.45, 2.75) is 26.3 Å². The third-order valence-electron chi connectivity index (χ3n) is 2.50. The van der Waals surface area contributed by atoms with E-state index < -0.39 is 0 Å². The summed E-state index contributed by atoms with van der Waals surface area (Å²) >= 11 is 0. The van der Waals surface area contributed by atoms with Crippen LogP contribution in [0.3, 0.4) is 0 Å². The summed E-state index contributed by atoms with van der Waals surface area (Å²) < 4.78 is 0. The van der Waals surface area contributed by atoms with Crippen LogP contribution in [0, 0.1) is 0 Å². The summed E-state index contributed by atoms with van der Waals surface area (Å²) in [5.41, 5.74) is 8.47. The van der Waals surface area contributed by atoms with Gasteiger partial charge in [-0.1, -0.05) is 6.07 Å². The second kappa shape index (κ2) is 3.01. The highest BCUT2D eigenvalue weighted by Gasteiger charge is 2.28. The standard InChI is InChI=1S/C11H14N2O/c1-7(2)13-10-6-9(12)4-3-8(10)5-11(13)14/h3-4,6-7H,5,12H2,1-2H3. The molecule has 1 aliphatic heterocycles. The second-order valence-corrected chi connectivity index (χ2v) is 3.92. The molecule has 1 aromatic carbocycles. The number of amides is 1. The van der Waals surface area contributed by atoms with Gasteiger partial charge in [0, 0.05) is 17.4 Å². The monoisotopic (exact) mass is 190 g/mol. The SMILES string of the molecule is CC(C)N1C(=O)Cc2ccc(N)cc21. The molecule has 0 aliphatic carbocycles. The van der Waals surface area contributed by atoms with Gasteiger partial charge in [-0.25, -0.2) is 0 Å². The van der Waals surface area contributed by atoms with Gasteiger partial charge in [0.05, 0.1) is 6.42 Å². The summed E-state index contributed by atoms with van der Waals surface area (Å²) in [5.74, 6) is 0.167. The van der Waals surface area contributed by atoms with Crippen molar-refractivity contribution in [2.75, 3.05) is 10.6 Å². The maximum atomic E-state index is 11.7. The average Bonchev–Trinajstić information content (AvgIpc) is 2.40. The molecule has 0 radical (unpaired) electrons. The zero-order valence-electron chi connectivity index (χ0n) is 8.45. The zero-order valence-corrected chi connectivity index (χ0v) is 8.45. The minimum Gasteiger partial charge on any atom is -0.399 e. The Morgan fingerprint density at radius 2 is 2.14 bits per heavy atom. The zero-order chi connectivity index (χ0) is 10.3. The summed E-state index contributed by atoms with van der Waals surface area (Å²) in [6.45, 7) is 4.02. The van der Waals surface area contributed by atoms with Crippen molar-refractivity contribution in [3.05, 3.63) is 23.8 Å². The highest BCUT2D eigenvalue weighted by Crippen LogP contribution is 2.31. The van der Waals surface area contributed by atoms with Crippen molar-refractivity contribution < 1.29 is 4.79 Å². The Balaban J connectivity index is 2.50. The molecule has 1 aromatic rings. The van der Waals surface area contributed by atoms with E-state index in [0.29, 0.717) is 12.1 Å². The summed E-state index contributed by atoms with van der Waals surface area (Å²) in [4.78, 5) is 13.5. The number of benzene rings is 1. The summed E-state index contributed by atoms with van der Waals surface area (Å²) in [7, 11) is 0. The first kappa shape index (κ1) is 9.06. The maximum absolute atomic E-state index is 11.7. The van der Waals surface area contributed by atoms with Crippen molar-refractivity contribution in [3.8, 4) is 0 Å². The molecular weight excluding hydrogens is 176 g/mol. The number of carbonyl (C=O) groups excluding carboxylic acids is 1. The minimum absolute atomic E-state index is 0.167. The van der Waals surface area contributed by atoms with Crippen LogP contribution in [0.2, 0.25) is 0 Å². The Labute approximate surface area is 83.5 Å². The van der Waals surface area contributed by atoms with Gasteiger partial charge in [-0.05, 0) is 31.5 Å². The Hall–Kier alpha value is -1.51. The molecule has 3 heteroatoms. The smallest absolute Gasteiger partial charge is 0.231 e. The van der Waals surface area contributed by atoms with Gasteiger partial charge in [0.1, 0.15) is 0 Å². The van der Waals surface area contributed by atoms with E-state index in [4.69, 9.17) is 5.73 Å². The van der Waals surface area contributed by atoms with Gasteiger partial charge in [-0.15, -0.1) is 0 Å². The van der Waals surface area contributed by atoms with Crippen LogP contribution in [0.15, 0.2) is 18.2 Å². The molecule has 3 nitrogen and oxygen atoms in total. The van der Waals surface area contributed by atoms with Gasteiger partial charge in [0.25, 0.3) is 0 Å². The molecule has 1 amide bonds. The molecular formula is C11H14N2O. The summed E-state index contributed by atoms with van der Waals surface area (Å²) in [5, 5.41) is 0. The second-order valence-electron chi connectivity index (χ2n) is 3.92. The lowest BCUT2D eigenvalue weighted by Crippen LogP contribution is -2.33. The van der Waals surface area contributed by atoms with Crippen LogP contribution in [-0.2, 0) is 11.2 Å². The van der Waals surface area contributed by atoms with E-state index in [1.807, 2.05) is 36.9 Å². The number of nitrogen functional groups attached to an aromatic ring is 1. The quantitative estimate of drug-likeness (QED) is 0.683. The molecule has 1 heterocycles. The maximum Gasteiger partial charge on any atom is 0.231 e. The van der Waals surface area contributed by atoms with Crippen molar-refractivity contribution >= 4 is 17.3 Å². The van der Waals surface area contributed by atoms with E-state index in [9.17, 15) is 4.79 Å². The Kier molecular flexibility index (Phi) is 1.95. The lowest BCUT2D eigenvalue weighted by Gasteiger charge is -2.21. The van der Waals surface area contributed by atoms with Gasteiger partial charge in [-0.3, -0.25) is 4.79 Å². The van der Waals surface area contributed by atoms with E-state index in [0.717, 1.165) is 11.3 Å². The van der Waals surface area contributed by atoms with Crippen molar-refractivity contribution in [1.29, 1.82) is 0 Å². The fourth-order valence-corrected chi connectivity index (χ4v) is 1.90. The lowest BCUT2D eigenvalue weighted by atomic mass is 10.1. The largest absolute Gasteiger partial charge is 0.399 e. The molecule has 0 aromatic heterocycles. The van der Waals surface area contributed by atoms with E-state index in [1.165, 1.54) is 0 Å². The molecule has 0 spiro atoms. The van der Waals surface area contributed by atoms with Gasteiger partial charge < -0.3 is 10.6 Å². The number of nitrogens with two attached hydrogens (primary N) is 1.